The summed E-state index contributed by atoms with van der Waals surface area (Å²) in [4.78, 5) is 29.6. The van der Waals surface area contributed by atoms with Crippen LogP contribution < -0.4 is 0 Å². The molecule has 174 valence electrons. The summed E-state index contributed by atoms with van der Waals surface area (Å²) >= 11 is 0. The molecule has 1 atom stereocenters. The number of tetrazole rings is 1. The zero-order valence-electron chi connectivity index (χ0n) is 19.5. The average Bonchev–Trinajstić information content (AvgIpc) is 3.50. The smallest absolute Gasteiger partial charge is 0.336 e. The maximum Gasteiger partial charge on any atom is 0.336 e. The van der Waals surface area contributed by atoms with Crippen LogP contribution in [0.3, 0.4) is 0 Å². The second-order valence-corrected chi connectivity index (χ2v) is 9.61. The number of cyclic esters (lactones) is 1. The molecule has 1 unspecified atom stereocenters. The van der Waals surface area contributed by atoms with E-state index in [2.05, 4.69) is 46.4 Å². The highest BCUT2D eigenvalue weighted by Gasteiger charge is 2.53. The molecular weight excluding hydrogens is 420 g/mol. The molecule has 0 aliphatic carbocycles. The van der Waals surface area contributed by atoms with Crippen molar-refractivity contribution in [2.45, 2.75) is 52.5 Å². The Morgan fingerprint density at radius 3 is 2.61 bits per heavy atom. The van der Waals surface area contributed by atoms with Crippen molar-refractivity contribution in [1.82, 2.24) is 30.0 Å². The van der Waals surface area contributed by atoms with Gasteiger partial charge in [0.15, 0.2) is 0 Å². The van der Waals surface area contributed by atoms with Gasteiger partial charge in [0, 0.05) is 12.6 Å². The van der Waals surface area contributed by atoms with Gasteiger partial charge >= 0.3 is 5.97 Å². The zero-order valence-corrected chi connectivity index (χ0v) is 19.5. The van der Waals surface area contributed by atoms with Crippen molar-refractivity contribution in [2.24, 2.45) is 5.41 Å². The molecule has 0 saturated carbocycles. The molecule has 1 aromatic heterocycles. The molecule has 0 N–H and O–H groups in total. The number of rotatable bonds is 5. The molecule has 1 amide bonds. The van der Waals surface area contributed by atoms with Crippen molar-refractivity contribution < 1.29 is 14.3 Å². The Hall–Kier alpha value is -3.07. The Morgan fingerprint density at radius 2 is 1.97 bits per heavy atom. The summed E-state index contributed by atoms with van der Waals surface area (Å²) in [5, 5.41) is 11.3. The molecule has 9 nitrogen and oxygen atoms in total. The van der Waals surface area contributed by atoms with E-state index in [0.29, 0.717) is 5.57 Å². The normalized spacial score (nSPS) is 23.1. The molecule has 33 heavy (non-hydrogen) atoms. The third-order valence-corrected chi connectivity index (χ3v) is 7.62. The van der Waals surface area contributed by atoms with E-state index < -0.39 is 0 Å². The number of ether oxygens (including phenoxy) is 1. The van der Waals surface area contributed by atoms with E-state index in [0.717, 1.165) is 56.7 Å². The molecule has 1 aromatic carbocycles. The van der Waals surface area contributed by atoms with E-state index in [1.807, 2.05) is 11.0 Å². The predicted molar refractivity (Wildman–Crippen MR) is 120 cm³/mol. The Kier molecular flexibility index (Phi) is 5.52. The summed E-state index contributed by atoms with van der Waals surface area (Å²) in [7, 11) is 0. The molecule has 0 bridgehead atoms. The van der Waals surface area contributed by atoms with Gasteiger partial charge in [-0.3, -0.25) is 4.79 Å². The number of carbonyl (C=O) groups is 2. The first-order chi connectivity index (χ1) is 15.9. The third kappa shape index (κ3) is 3.84. The van der Waals surface area contributed by atoms with Crippen LogP contribution in [0.1, 0.15) is 44.2 Å². The number of likely N-dealkylation sites (tertiary alicyclic amines) is 2. The van der Waals surface area contributed by atoms with Crippen LogP contribution in [0.2, 0.25) is 0 Å². The number of aryl methyl sites for hydroxylation is 1. The van der Waals surface area contributed by atoms with Crippen LogP contribution in [-0.4, -0.2) is 74.2 Å². The lowest BCUT2D eigenvalue weighted by molar-refractivity contribution is -0.139. The van der Waals surface area contributed by atoms with E-state index in [9.17, 15) is 9.59 Å². The molecule has 3 aliphatic heterocycles. The van der Waals surface area contributed by atoms with Crippen molar-refractivity contribution in [3.05, 3.63) is 46.9 Å². The average molecular weight is 451 g/mol. The number of aromatic nitrogens is 4. The van der Waals surface area contributed by atoms with Gasteiger partial charge in [-0.2, -0.15) is 0 Å². The molecule has 1 spiro atoms. The summed E-state index contributed by atoms with van der Waals surface area (Å²) in [6.07, 6.45) is 5.15. The number of nitrogens with zero attached hydrogens (tertiary/aromatic N) is 6. The topological polar surface area (TPSA) is 93.5 Å². The van der Waals surface area contributed by atoms with Crippen molar-refractivity contribution in [2.75, 3.05) is 26.2 Å². The summed E-state index contributed by atoms with van der Waals surface area (Å²) < 4.78 is 6.83. The summed E-state index contributed by atoms with van der Waals surface area (Å²) in [5.74, 6) is -0.126. The van der Waals surface area contributed by atoms with E-state index in [1.54, 1.807) is 17.9 Å². The number of piperidine rings is 1. The van der Waals surface area contributed by atoms with Gasteiger partial charge in [0.1, 0.15) is 12.9 Å². The van der Waals surface area contributed by atoms with Crippen molar-refractivity contribution in [1.29, 1.82) is 0 Å². The van der Waals surface area contributed by atoms with Gasteiger partial charge in [-0.1, -0.05) is 6.07 Å². The molecule has 2 saturated heterocycles. The van der Waals surface area contributed by atoms with Gasteiger partial charge in [0.2, 0.25) is 5.91 Å². The Labute approximate surface area is 193 Å². The van der Waals surface area contributed by atoms with Crippen LogP contribution >= 0.6 is 0 Å². The van der Waals surface area contributed by atoms with Gasteiger partial charge in [-0.15, -0.1) is 5.10 Å². The number of benzene rings is 1. The lowest BCUT2D eigenvalue weighted by atomic mass is 9.76. The fourth-order valence-electron chi connectivity index (χ4n) is 5.59. The lowest BCUT2D eigenvalue weighted by Gasteiger charge is -2.38. The Balaban J connectivity index is 1.20. The monoisotopic (exact) mass is 450 g/mol. The Bertz CT molecular complexity index is 1100. The van der Waals surface area contributed by atoms with Crippen LogP contribution in [-0.2, 0) is 20.7 Å². The summed E-state index contributed by atoms with van der Waals surface area (Å²) in [6, 6.07) is 6.41. The SMILES string of the molecule is CC1=C(N2C(=O)C3(CCN(CCc4ccc(-n5cnnn5)cc4C)CC3)CC2C)COC1=O. The molecule has 9 heteroatoms. The highest BCUT2D eigenvalue weighted by molar-refractivity contribution is 5.94. The second-order valence-electron chi connectivity index (χ2n) is 9.61. The minimum Gasteiger partial charge on any atom is -0.456 e. The highest BCUT2D eigenvalue weighted by Crippen LogP contribution is 2.46. The molecule has 5 rings (SSSR count). The number of carbonyl (C=O) groups excluding carboxylic acids is 2. The predicted octanol–water partition coefficient (Wildman–Crippen LogP) is 2.05. The van der Waals surface area contributed by atoms with Crippen LogP contribution in [0.25, 0.3) is 5.69 Å². The van der Waals surface area contributed by atoms with Crippen LogP contribution in [0.5, 0.6) is 0 Å². The summed E-state index contributed by atoms with van der Waals surface area (Å²) in [6.45, 7) is 8.99. The number of esters is 1. The van der Waals surface area contributed by atoms with Gasteiger partial charge in [-0.05, 0) is 93.2 Å². The number of hydrogen-bond acceptors (Lipinski definition) is 7. The van der Waals surface area contributed by atoms with Gasteiger partial charge < -0.3 is 14.5 Å². The van der Waals surface area contributed by atoms with Crippen molar-refractivity contribution >= 4 is 11.9 Å². The Morgan fingerprint density at radius 1 is 1.18 bits per heavy atom. The van der Waals surface area contributed by atoms with Crippen molar-refractivity contribution in [3.63, 3.8) is 0 Å². The van der Waals surface area contributed by atoms with Gasteiger partial charge in [-0.25, -0.2) is 9.48 Å². The molecule has 3 aliphatic rings. The molecule has 2 fully saturated rings. The molecule has 4 heterocycles. The van der Waals surface area contributed by atoms with Crippen LogP contribution in [0.15, 0.2) is 35.8 Å². The van der Waals surface area contributed by atoms with Crippen LogP contribution in [0, 0.1) is 12.3 Å². The van der Waals surface area contributed by atoms with E-state index in [-0.39, 0.29) is 29.9 Å². The largest absolute Gasteiger partial charge is 0.456 e. The van der Waals surface area contributed by atoms with Crippen molar-refractivity contribution in [3.8, 4) is 5.69 Å². The fraction of sp³-hybridized carbons (Fsp3) is 0.542. The first kappa shape index (κ1) is 21.8. The number of amides is 1. The third-order valence-electron chi connectivity index (χ3n) is 7.62. The minimum absolute atomic E-state index is 0.102. The first-order valence-corrected chi connectivity index (χ1v) is 11.6. The molecule has 2 aromatic rings. The first-order valence-electron chi connectivity index (χ1n) is 11.6. The minimum atomic E-state index is -0.307. The molecule has 0 radical (unpaired) electrons. The molecular formula is C24H30N6O3. The second kappa shape index (κ2) is 8.37. The van der Waals surface area contributed by atoms with Gasteiger partial charge in [0.25, 0.3) is 0 Å². The summed E-state index contributed by atoms with van der Waals surface area (Å²) in [5.41, 5.74) is 4.53. The van der Waals surface area contributed by atoms with Gasteiger partial charge in [0.05, 0.1) is 22.4 Å². The highest BCUT2D eigenvalue weighted by atomic mass is 16.5. The fourth-order valence-corrected chi connectivity index (χ4v) is 5.59. The van der Waals surface area contributed by atoms with Crippen LogP contribution in [0.4, 0.5) is 0 Å². The zero-order chi connectivity index (χ0) is 23.2. The standard InChI is InChI=1S/C24H30N6O3/c1-16-12-20(29-15-25-26-27-29)5-4-19(16)6-9-28-10-7-24(8-11-28)13-17(2)30(23(24)32)21-14-33-22(31)18(21)3/h4-5,12,15,17H,6-11,13-14H2,1-3H3. The van der Waals surface area contributed by atoms with E-state index >= 15 is 0 Å². The lowest BCUT2D eigenvalue weighted by Crippen LogP contribution is -2.45. The quantitative estimate of drug-likeness (QED) is 0.644. The maximum atomic E-state index is 13.5. The maximum absolute atomic E-state index is 13.5. The van der Waals surface area contributed by atoms with E-state index in [4.69, 9.17) is 4.74 Å². The number of hydrogen-bond donors (Lipinski definition) is 0. The van der Waals surface area contributed by atoms with E-state index in [1.165, 1.54) is 11.1 Å².